The summed E-state index contributed by atoms with van der Waals surface area (Å²) in [6.45, 7) is 6.34. The number of ether oxygens (including phenoxy) is 1. The van der Waals surface area contributed by atoms with Crippen molar-refractivity contribution < 1.29 is 24.2 Å². The van der Waals surface area contributed by atoms with Gasteiger partial charge in [0.05, 0.1) is 30.6 Å². The molecule has 1 aromatic carbocycles. The van der Waals surface area contributed by atoms with Crippen LogP contribution < -0.4 is 4.90 Å². The lowest BCUT2D eigenvalue weighted by atomic mass is 9.81. The molecule has 2 aliphatic carbocycles. The van der Waals surface area contributed by atoms with Crippen molar-refractivity contribution in [3.8, 4) is 5.75 Å². The zero-order valence-electron chi connectivity index (χ0n) is 24.1. The summed E-state index contributed by atoms with van der Waals surface area (Å²) in [6.07, 6.45) is 14.9. The second-order valence-electron chi connectivity index (χ2n) is 11.9. The van der Waals surface area contributed by atoms with Crippen LogP contribution in [-0.4, -0.2) is 40.5 Å². The van der Waals surface area contributed by atoms with Crippen LogP contribution in [0.4, 0.5) is 5.69 Å². The van der Waals surface area contributed by atoms with Gasteiger partial charge in [0.15, 0.2) is 0 Å². The SMILES string of the molecule is CCCCCCCCCCCCOC(=O)CCSC1CC2CC1C1C(=O)N(c3cc(C)c(O)c(C)c3)C(=O)C21. The van der Waals surface area contributed by atoms with E-state index in [1.807, 2.05) is 0 Å². The van der Waals surface area contributed by atoms with Gasteiger partial charge in [0.1, 0.15) is 5.75 Å². The van der Waals surface area contributed by atoms with Crippen LogP contribution >= 0.6 is 11.8 Å². The standard InChI is InChI=1S/C32H47NO5S/c1-4-5-6-7-8-9-10-11-12-13-15-38-27(34)14-16-39-26-20-23-19-25(26)29-28(23)31(36)33(32(29)37)24-17-21(2)30(35)22(3)18-24/h17-18,23,25-26,28-29,35H,4-16,19-20H2,1-3H3. The molecule has 1 saturated heterocycles. The molecule has 2 saturated carbocycles. The Morgan fingerprint density at radius 2 is 1.51 bits per heavy atom. The van der Waals surface area contributed by atoms with Gasteiger partial charge in [-0.3, -0.25) is 19.3 Å². The number of hydrogen-bond acceptors (Lipinski definition) is 6. The molecule has 3 fully saturated rings. The zero-order chi connectivity index (χ0) is 27.9. The molecule has 2 bridgehead atoms. The maximum absolute atomic E-state index is 13.5. The maximum atomic E-state index is 13.5. The van der Waals surface area contributed by atoms with Crippen molar-refractivity contribution in [3.05, 3.63) is 23.3 Å². The molecule has 39 heavy (non-hydrogen) atoms. The summed E-state index contributed by atoms with van der Waals surface area (Å²) < 4.78 is 5.46. The number of aromatic hydroxyl groups is 1. The highest BCUT2D eigenvalue weighted by atomic mass is 32.2. The minimum Gasteiger partial charge on any atom is -0.507 e. The third-order valence-corrected chi connectivity index (χ3v) is 10.5. The number of rotatable bonds is 16. The smallest absolute Gasteiger partial charge is 0.306 e. The van der Waals surface area contributed by atoms with Crippen LogP contribution in [0.15, 0.2) is 12.1 Å². The number of hydrogen-bond donors (Lipinski definition) is 1. The fourth-order valence-corrected chi connectivity index (χ4v) is 8.55. The first-order valence-electron chi connectivity index (χ1n) is 15.3. The van der Waals surface area contributed by atoms with E-state index in [0.717, 1.165) is 25.7 Å². The number of esters is 1. The second-order valence-corrected chi connectivity index (χ2v) is 13.3. The number of amides is 2. The Bertz CT molecular complexity index is 1000. The van der Waals surface area contributed by atoms with E-state index in [0.29, 0.717) is 40.8 Å². The number of thioether (sulfide) groups is 1. The van der Waals surface area contributed by atoms with Gasteiger partial charge in [-0.15, -0.1) is 0 Å². The predicted molar refractivity (Wildman–Crippen MR) is 157 cm³/mol. The van der Waals surface area contributed by atoms with Crippen molar-refractivity contribution in [1.29, 1.82) is 0 Å². The first-order valence-corrected chi connectivity index (χ1v) is 16.3. The predicted octanol–water partition coefficient (Wildman–Crippen LogP) is 7.11. The number of phenolic OH excluding ortho intramolecular Hbond substituents is 1. The number of imide groups is 1. The number of fused-ring (bicyclic) bond motifs is 5. The summed E-state index contributed by atoms with van der Waals surface area (Å²) in [5.74, 6) is 0.544. The number of nitrogens with zero attached hydrogens (tertiary/aromatic N) is 1. The van der Waals surface area contributed by atoms with Crippen LogP contribution in [0.2, 0.25) is 0 Å². The van der Waals surface area contributed by atoms with Crippen molar-refractivity contribution in [3.63, 3.8) is 0 Å². The van der Waals surface area contributed by atoms with Gasteiger partial charge in [-0.2, -0.15) is 11.8 Å². The number of anilines is 1. The van der Waals surface area contributed by atoms with Gasteiger partial charge in [-0.25, -0.2) is 0 Å². The average Bonchev–Trinajstić information content (AvgIpc) is 3.56. The van der Waals surface area contributed by atoms with E-state index in [-0.39, 0.29) is 47.2 Å². The van der Waals surface area contributed by atoms with Crippen LogP contribution in [-0.2, 0) is 19.1 Å². The van der Waals surface area contributed by atoms with Gasteiger partial charge in [0.2, 0.25) is 11.8 Å². The Labute approximate surface area is 238 Å². The number of unbranched alkanes of at least 4 members (excludes halogenated alkanes) is 9. The lowest BCUT2D eigenvalue weighted by Gasteiger charge is -2.28. The lowest BCUT2D eigenvalue weighted by Crippen LogP contribution is -2.33. The fraction of sp³-hybridized carbons (Fsp3) is 0.719. The summed E-state index contributed by atoms with van der Waals surface area (Å²) in [6, 6.07) is 3.46. The molecule has 0 aromatic heterocycles. The molecule has 1 heterocycles. The Hall–Kier alpha value is -2.02. The molecule has 7 heteroatoms. The first-order chi connectivity index (χ1) is 18.8. The van der Waals surface area contributed by atoms with E-state index in [4.69, 9.17) is 4.74 Å². The minimum atomic E-state index is -0.258. The minimum absolute atomic E-state index is 0.0824. The average molecular weight is 558 g/mol. The molecule has 1 N–H and O–H groups in total. The van der Waals surface area contributed by atoms with E-state index in [9.17, 15) is 19.5 Å². The van der Waals surface area contributed by atoms with E-state index < -0.39 is 0 Å². The molecular weight excluding hydrogens is 510 g/mol. The maximum Gasteiger partial charge on any atom is 0.306 e. The molecule has 0 radical (unpaired) electrons. The largest absolute Gasteiger partial charge is 0.507 e. The summed E-state index contributed by atoms with van der Waals surface area (Å²) in [5.41, 5.74) is 1.90. The first kappa shape index (κ1) is 30.0. The second kappa shape index (κ2) is 14.0. The Morgan fingerprint density at radius 3 is 2.15 bits per heavy atom. The van der Waals surface area contributed by atoms with E-state index in [1.165, 1.54) is 56.3 Å². The van der Waals surface area contributed by atoms with Gasteiger partial charge in [0, 0.05) is 11.0 Å². The van der Waals surface area contributed by atoms with Crippen LogP contribution in [0, 0.1) is 37.5 Å². The molecule has 6 nitrogen and oxygen atoms in total. The van der Waals surface area contributed by atoms with Crippen LogP contribution in [0.1, 0.15) is 102 Å². The van der Waals surface area contributed by atoms with Crippen molar-refractivity contribution in [2.24, 2.45) is 23.7 Å². The van der Waals surface area contributed by atoms with E-state index in [2.05, 4.69) is 6.92 Å². The summed E-state index contributed by atoms with van der Waals surface area (Å²) in [5, 5.41) is 10.4. The number of phenols is 1. The number of carbonyl (C=O) groups is 3. The van der Waals surface area contributed by atoms with Gasteiger partial charge in [-0.05, 0) is 68.2 Å². The highest BCUT2D eigenvalue weighted by Crippen LogP contribution is 2.59. The Morgan fingerprint density at radius 1 is 0.923 bits per heavy atom. The molecule has 2 amide bonds. The van der Waals surface area contributed by atoms with Crippen molar-refractivity contribution in [2.45, 2.75) is 109 Å². The molecule has 4 rings (SSSR count). The molecule has 216 valence electrons. The number of carbonyl (C=O) groups excluding carboxylic acids is 3. The fourth-order valence-electron chi connectivity index (χ4n) is 7.05. The number of aryl methyl sites for hydroxylation is 2. The van der Waals surface area contributed by atoms with Gasteiger partial charge in [0.25, 0.3) is 0 Å². The van der Waals surface area contributed by atoms with Gasteiger partial charge in [-0.1, -0.05) is 64.7 Å². The third kappa shape index (κ3) is 7.01. The van der Waals surface area contributed by atoms with Gasteiger partial charge < -0.3 is 9.84 Å². The summed E-state index contributed by atoms with van der Waals surface area (Å²) >= 11 is 1.78. The van der Waals surface area contributed by atoms with E-state index >= 15 is 0 Å². The zero-order valence-corrected chi connectivity index (χ0v) is 24.9. The number of benzene rings is 1. The quantitative estimate of drug-likeness (QED) is 0.132. The molecule has 5 atom stereocenters. The van der Waals surface area contributed by atoms with Crippen LogP contribution in [0.3, 0.4) is 0 Å². The summed E-state index contributed by atoms with van der Waals surface area (Å²) in [4.78, 5) is 40.4. The van der Waals surface area contributed by atoms with Crippen molar-refractivity contribution in [2.75, 3.05) is 17.3 Å². The lowest BCUT2D eigenvalue weighted by molar-refractivity contribution is -0.143. The van der Waals surface area contributed by atoms with Crippen LogP contribution in [0.5, 0.6) is 5.75 Å². The van der Waals surface area contributed by atoms with Crippen LogP contribution in [0.25, 0.3) is 0 Å². The van der Waals surface area contributed by atoms with Gasteiger partial charge >= 0.3 is 5.97 Å². The summed E-state index contributed by atoms with van der Waals surface area (Å²) in [7, 11) is 0. The molecule has 5 unspecified atom stereocenters. The third-order valence-electron chi connectivity index (χ3n) is 9.09. The molecule has 3 aliphatic rings. The molecule has 1 aliphatic heterocycles. The molecular formula is C32H47NO5S. The van der Waals surface area contributed by atoms with Crippen molar-refractivity contribution >= 4 is 35.2 Å². The molecule has 0 spiro atoms. The monoisotopic (exact) mass is 557 g/mol. The van der Waals surface area contributed by atoms with E-state index in [1.54, 1.807) is 37.7 Å². The molecule has 1 aromatic rings. The highest BCUT2D eigenvalue weighted by Gasteiger charge is 2.64. The Balaban J connectivity index is 1.14. The highest BCUT2D eigenvalue weighted by molar-refractivity contribution is 7.99. The Kier molecular flexibility index (Phi) is 10.8. The normalized spacial score (nSPS) is 25.5. The topological polar surface area (TPSA) is 83.9 Å². The van der Waals surface area contributed by atoms with Crippen molar-refractivity contribution in [1.82, 2.24) is 0 Å².